The summed E-state index contributed by atoms with van der Waals surface area (Å²) >= 11 is 18.0. The van der Waals surface area contributed by atoms with E-state index in [1.807, 2.05) is 31.2 Å². The van der Waals surface area contributed by atoms with Gasteiger partial charge < -0.3 is 5.73 Å². The molecule has 0 aliphatic carbocycles. The Labute approximate surface area is 132 Å². The molecular weight excluding hydrogens is 317 g/mol. The molecular formula is C14H12Cl3N3. The molecule has 6 heteroatoms. The highest BCUT2D eigenvalue weighted by molar-refractivity contribution is 6.41. The third kappa shape index (κ3) is 3.57. The van der Waals surface area contributed by atoms with Gasteiger partial charge in [0, 0.05) is 10.7 Å². The zero-order valence-corrected chi connectivity index (χ0v) is 12.9. The maximum absolute atomic E-state index is 6.07. The maximum Gasteiger partial charge on any atom is 0.0935 e. The molecule has 3 nitrogen and oxygen atoms in total. The first kappa shape index (κ1) is 15.0. The van der Waals surface area contributed by atoms with Crippen molar-refractivity contribution in [3.05, 3.63) is 57.0 Å². The topological polar surface area (TPSA) is 50.4 Å². The quantitative estimate of drug-likeness (QED) is 0.470. The van der Waals surface area contributed by atoms with Crippen molar-refractivity contribution >= 4 is 51.9 Å². The molecule has 0 heterocycles. The van der Waals surface area contributed by atoms with Crippen molar-refractivity contribution in [2.24, 2.45) is 5.10 Å². The normalized spacial score (nSPS) is 11.5. The number of halogens is 3. The lowest BCUT2D eigenvalue weighted by atomic mass is 10.1. The Morgan fingerprint density at radius 3 is 2.15 bits per heavy atom. The number of rotatable bonds is 3. The predicted molar refractivity (Wildman–Crippen MR) is 88.2 cm³/mol. The molecule has 0 atom stereocenters. The van der Waals surface area contributed by atoms with E-state index in [0.717, 1.165) is 11.3 Å². The summed E-state index contributed by atoms with van der Waals surface area (Å²) in [4.78, 5) is 0. The summed E-state index contributed by atoms with van der Waals surface area (Å²) in [5, 5.41) is 5.56. The van der Waals surface area contributed by atoms with Gasteiger partial charge >= 0.3 is 0 Å². The highest BCUT2D eigenvalue weighted by atomic mass is 35.5. The molecule has 2 rings (SSSR count). The molecule has 0 saturated carbocycles. The van der Waals surface area contributed by atoms with E-state index in [4.69, 9.17) is 40.5 Å². The van der Waals surface area contributed by atoms with Crippen LogP contribution in [0.5, 0.6) is 0 Å². The molecule has 20 heavy (non-hydrogen) atoms. The highest BCUT2D eigenvalue weighted by Gasteiger charge is 2.07. The second kappa shape index (κ2) is 6.35. The van der Waals surface area contributed by atoms with Gasteiger partial charge in [0.25, 0.3) is 0 Å². The third-order valence-corrected chi connectivity index (χ3v) is 3.49. The van der Waals surface area contributed by atoms with E-state index < -0.39 is 0 Å². The fourth-order valence-electron chi connectivity index (χ4n) is 1.58. The van der Waals surface area contributed by atoms with Gasteiger partial charge in [-0.2, -0.15) is 5.10 Å². The molecule has 0 saturated heterocycles. The molecule has 0 bridgehead atoms. The predicted octanol–water partition coefficient (Wildman–Crippen LogP) is 5.07. The molecule has 0 aliphatic heterocycles. The second-order valence-electron chi connectivity index (χ2n) is 4.18. The van der Waals surface area contributed by atoms with Gasteiger partial charge in [-0.1, -0.05) is 46.9 Å². The number of benzene rings is 2. The number of nitrogen functional groups attached to an aromatic ring is 1. The lowest BCUT2D eigenvalue weighted by Gasteiger charge is -2.08. The molecule has 0 aliphatic rings. The number of hydrogen-bond donors (Lipinski definition) is 2. The monoisotopic (exact) mass is 327 g/mol. The fraction of sp³-hybridized carbons (Fsp3) is 0.0714. The van der Waals surface area contributed by atoms with Crippen molar-refractivity contribution in [3.8, 4) is 0 Å². The van der Waals surface area contributed by atoms with Gasteiger partial charge in [-0.25, -0.2) is 0 Å². The summed E-state index contributed by atoms with van der Waals surface area (Å²) < 4.78 is 0. The minimum atomic E-state index is 0.413. The first-order valence-electron chi connectivity index (χ1n) is 5.78. The second-order valence-corrected chi connectivity index (χ2v) is 5.43. The number of nitrogens with one attached hydrogen (secondary N) is 1. The van der Waals surface area contributed by atoms with Crippen molar-refractivity contribution in [3.63, 3.8) is 0 Å². The summed E-state index contributed by atoms with van der Waals surface area (Å²) in [6.45, 7) is 1.87. The molecule has 0 spiro atoms. The Balaban J connectivity index is 2.23. The lowest BCUT2D eigenvalue weighted by Crippen LogP contribution is -2.00. The van der Waals surface area contributed by atoms with Crippen molar-refractivity contribution in [1.29, 1.82) is 0 Å². The van der Waals surface area contributed by atoms with Gasteiger partial charge in [-0.3, -0.25) is 5.43 Å². The average molecular weight is 329 g/mol. The van der Waals surface area contributed by atoms with Gasteiger partial charge in [0.1, 0.15) is 0 Å². The number of nitrogens with two attached hydrogens (primary N) is 1. The largest absolute Gasteiger partial charge is 0.399 e. The molecule has 104 valence electrons. The lowest BCUT2D eigenvalue weighted by molar-refractivity contribution is 1.32. The Morgan fingerprint density at radius 2 is 1.60 bits per heavy atom. The number of anilines is 2. The van der Waals surface area contributed by atoms with Gasteiger partial charge in [-0.05, 0) is 36.8 Å². The standard InChI is InChI=1S/C14H12Cl3N3/c1-8(9-2-4-11(18)5-3-9)19-20-14-12(16)6-10(15)7-13(14)17/h2-7,20H,18H2,1H3/b19-8-. The van der Waals surface area contributed by atoms with Crippen LogP contribution in [0.4, 0.5) is 11.4 Å². The summed E-state index contributed by atoms with van der Waals surface area (Å²) in [7, 11) is 0. The number of hydrogen-bond acceptors (Lipinski definition) is 3. The summed E-state index contributed by atoms with van der Waals surface area (Å²) in [6.07, 6.45) is 0. The Hall–Kier alpha value is -1.42. The fourth-order valence-corrected chi connectivity index (χ4v) is 2.48. The first-order chi connectivity index (χ1) is 9.47. The van der Waals surface area contributed by atoms with E-state index in [1.54, 1.807) is 12.1 Å². The van der Waals surface area contributed by atoms with Crippen molar-refractivity contribution in [2.45, 2.75) is 6.92 Å². The minimum absolute atomic E-state index is 0.413. The smallest absolute Gasteiger partial charge is 0.0935 e. The van der Waals surface area contributed by atoms with Crippen molar-refractivity contribution in [2.75, 3.05) is 11.2 Å². The molecule has 0 aromatic heterocycles. The van der Waals surface area contributed by atoms with Gasteiger partial charge in [-0.15, -0.1) is 0 Å². The van der Waals surface area contributed by atoms with Crippen LogP contribution in [-0.4, -0.2) is 5.71 Å². The molecule has 0 radical (unpaired) electrons. The SMILES string of the molecule is C/C(=N/Nc1c(Cl)cc(Cl)cc1Cl)c1ccc(N)cc1. The van der Waals surface area contributed by atoms with Crippen LogP contribution in [0.25, 0.3) is 0 Å². The molecule has 2 aromatic rings. The molecule has 0 amide bonds. The van der Waals surface area contributed by atoms with E-state index in [9.17, 15) is 0 Å². The van der Waals surface area contributed by atoms with Crippen LogP contribution in [0, 0.1) is 0 Å². The third-order valence-electron chi connectivity index (χ3n) is 2.67. The summed E-state index contributed by atoms with van der Waals surface area (Å²) in [6, 6.07) is 10.6. The van der Waals surface area contributed by atoms with E-state index in [0.29, 0.717) is 26.4 Å². The molecule has 0 fully saturated rings. The van der Waals surface area contributed by atoms with Crippen LogP contribution in [0.2, 0.25) is 15.1 Å². The van der Waals surface area contributed by atoms with Crippen molar-refractivity contribution < 1.29 is 0 Å². The van der Waals surface area contributed by atoms with Gasteiger partial charge in [0.15, 0.2) is 0 Å². The maximum atomic E-state index is 6.07. The van der Waals surface area contributed by atoms with Crippen LogP contribution in [-0.2, 0) is 0 Å². The zero-order chi connectivity index (χ0) is 14.7. The van der Waals surface area contributed by atoms with Gasteiger partial charge in [0.05, 0.1) is 21.4 Å². The zero-order valence-electron chi connectivity index (χ0n) is 10.6. The van der Waals surface area contributed by atoms with E-state index in [1.165, 1.54) is 0 Å². The van der Waals surface area contributed by atoms with E-state index in [2.05, 4.69) is 10.5 Å². The van der Waals surface area contributed by atoms with Crippen LogP contribution >= 0.6 is 34.8 Å². The van der Waals surface area contributed by atoms with E-state index in [-0.39, 0.29) is 0 Å². The Bertz CT molecular complexity index is 628. The van der Waals surface area contributed by atoms with Crippen LogP contribution in [0.15, 0.2) is 41.5 Å². The van der Waals surface area contributed by atoms with Crippen LogP contribution < -0.4 is 11.2 Å². The molecule has 0 unspecified atom stereocenters. The first-order valence-corrected chi connectivity index (χ1v) is 6.91. The van der Waals surface area contributed by atoms with Crippen LogP contribution in [0.3, 0.4) is 0 Å². The number of nitrogens with zero attached hydrogens (tertiary/aromatic N) is 1. The molecule has 2 aromatic carbocycles. The average Bonchev–Trinajstić information content (AvgIpc) is 2.38. The minimum Gasteiger partial charge on any atom is -0.399 e. The Morgan fingerprint density at radius 1 is 1.05 bits per heavy atom. The molecule has 3 N–H and O–H groups in total. The summed E-state index contributed by atoms with van der Waals surface area (Å²) in [5.74, 6) is 0. The van der Waals surface area contributed by atoms with E-state index >= 15 is 0 Å². The van der Waals surface area contributed by atoms with Crippen molar-refractivity contribution in [1.82, 2.24) is 0 Å². The number of hydrazone groups is 1. The summed E-state index contributed by atoms with van der Waals surface area (Å²) in [5.41, 5.74) is 11.5. The Kier molecular flexibility index (Phi) is 4.76. The highest BCUT2D eigenvalue weighted by Crippen LogP contribution is 2.33. The van der Waals surface area contributed by atoms with Crippen LogP contribution in [0.1, 0.15) is 12.5 Å². The van der Waals surface area contributed by atoms with Gasteiger partial charge in [0.2, 0.25) is 0 Å².